The third-order valence-corrected chi connectivity index (χ3v) is 3.62. The van der Waals surface area contributed by atoms with Crippen LogP contribution in [0, 0.1) is 0 Å². The minimum Gasteiger partial charge on any atom is -0.317 e. The van der Waals surface area contributed by atoms with E-state index in [1.807, 2.05) is 0 Å². The van der Waals surface area contributed by atoms with E-state index in [9.17, 15) is 0 Å². The van der Waals surface area contributed by atoms with Crippen molar-refractivity contribution in [1.29, 1.82) is 0 Å². The van der Waals surface area contributed by atoms with Crippen molar-refractivity contribution >= 4 is 19.8 Å². The van der Waals surface area contributed by atoms with Gasteiger partial charge in [0, 0.05) is 0 Å². The molecule has 0 atom stereocenters. The second kappa shape index (κ2) is 19.4. The van der Waals surface area contributed by atoms with Gasteiger partial charge in [-0.1, -0.05) is 31.1 Å². The fourth-order valence-corrected chi connectivity index (χ4v) is 2.41. The van der Waals surface area contributed by atoms with Crippen molar-refractivity contribution in [3.8, 4) is 0 Å². The third-order valence-electron chi connectivity index (χ3n) is 3.62. The van der Waals surface area contributed by atoms with Crippen LogP contribution >= 0.6 is 8.02 Å². The molecule has 0 aromatic carbocycles. The van der Waals surface area contributed by atoms with Gasteiger partial charge >= 0.3 is 0 Å². The van der Waals surface area contributed by atoms with Crippen molar-refractivity contribution < 1.29 is 0 Å². The molecule has 3 N–H and O–H groups in total. The lowest BCUT2D eigenvalue weighted by Gasteiger charge is -2.08. The molecule has 0 radical (unpaired) electrons. The van der Waals surface area contributed by atoms with Crippen molar-refractivity contribution in [2.45, 2.75) is 57.8 Å². The third kappa shape index (κ3) is 16.5. The van der Waals surface area contributed by atoms with E-state index in [-0.39, 0.29) is 0 Å². The molecule has 0 bridgehead atoms. The first-order valence-corrected chi connectivity index (χ1v) is 9.96. The van der Waals surface area contributed by atoms with Crippen molar-refractivity contribution in [1.82, 2.24) is 16.0 Å². The summed E-state index contributed by atoms with van der Waals surface area (Å²) in [6.07, 6.45) is 12.6. The van der Waals surface area contributed by atoms with Crippen molar-refractivity contribution in [2.24, 2.45) is 0 Å². The maximum absolute atomic E-state index is 3.89. The number of nitrogens with one attached hydrogen (secondary N) is 3. The summed E-state index contributed by atoms with van der Waals surface area (Å²) in [7, 11) is 2.56. The maximum atomic E-state index is 3.89. The average Bonchev–Trinajstić information content (AvgIpc) is 2.62. The van der Waals surface area contributed by atoms with Gasteiger partial charge in [-0.3, -0.25) is 0 Å². The Labute approximate surface area is 133 Å². The molecule has 3 aliphatic rings. The molecule has 3 rings (SSSR count). The summed E-state index contributed by atoms with van der Waals surface area (Å²) in [6, 6.07) is 0. The van der Waals surface area contributed by atoms with Crippen molar-refractivity contribution in [3.63, 3.8) is 0 Å². The van der Waals surface area contributed by atoms with Gasteiger partial charge < -0.3 is 16.0 Å². The summed E-state index contributed by atoms with van der Waals surface area (Å²) in [5.74, 6) is 0. The highest BCUT2D eigenvalue weighted by molar-refractivity contribution is 7.88. The quantitative estimate of drug-likeness (QED) is 0.600. The van der Waals surface area contributed by atoms with Gasteiger partial charge in [0.1, 0.15) is 0 Å². The summed E-state index contributed by atoms with van der Waals surface area (Å²) in [6.45, 7) is 7.50. The van der Waals surface area contributed by atoms with Crippen LogP contribution in [0.2, 0.25) is 0 Å². The highest BCUT2D eigenvalue weighted by Gasteiger charge is 1.94. The van der Waals surface area contributed by atoms with Crippen molar-refractivity contribution in [3.05, 3.63) is 0 Å². The molecule has 20 heavy (non-hydrogen) atoms. The SMILES string of the molecule is C1CCNCC1.C1CCNCC1.C1CCNCC1.P=S. The topological polar surface area (TPSA) is 36.1 Å². The molecule has 0 aliphatic carbocycles. The number of rotatable bonds is 0. The minimum absolute atomic E-state index is 1.25. The molecule has 0 amide bonds. The lowest BCUT2D eigenvalue weighted by atomic mass is 10.2. The van der Waals surface area contributed by atoms with E-state index in [0.717, 1.165) is 0 Å². The molecule has 3 aliphatic heterocycles. The first kappa shape index (κ1) is 20.4. The zero-order chi connectivity index (χ0) is 14.7. The van der Waals surface area contributed by atoms with Crippen molar-refractivity contribution in [2.75, 3.05) is 39.3 Å². The standard InChI is InChI=1S/3C5H11N.HPS/c3*1-2-4-6-5-3-1;1-2/h3*6H,1-5H2;1H. The van der Waals surface area contributed by atoms with Gasteiger partial charge in [0.25, 0.3) is 0 Å². The fraction of sp³-hybridized carbons (Fsp3) is 1.00. The predicted octanol–water partition coefficient (Wildman–Crippen LogP) is 2.87. The maximum Gasteiger partial charge on any atom is -0.00489 e. The molecule has 3 saturated heterocycles. The van der Waals surface area contributed by atoms with Gasteiger partial charge in [-0.15, -0.1) is 0 Å². The molecule has 3 fully saturated rings. The molecule has 0 aromatic rings. The Bertz CT molecular complexity index is 109. The second-order valence-electron chi connectivity index (χ2n) is 5.43. The van der Waals surface area contributed by atoms with Gasteiger partial charge in [0.05, 0.1) is 0 Å². The van der Waals surface area contributed by atoms with E-state index in [2.05, 4.69) is 35.8 Å². The Morgan fingerprint density at radius 1 is 0.400 bits per heavy atom. The van der Waals surface area contributed by atoms with Gasteiger partial charge in [0.15, 0.2) is 0 Å². The predicted molar refractivity (Wildman–Crippen MR) is 95.8 cm³/mol. The van der Waals surface area contributed by atoms with Gasteiger partial charge in [-0.2, -0.15) is 0 Å². The molecule has 0 spiro atoms. The van der Waals surface area contributed by atoms with Crippen LogP contribution < -0.4 is 16.0 Å². The molecular weight excluding hydrogens is 285 g/mol. The van der Waals surface area contributed by atoms with Gasteiger partial charge in [-0.25, -0.2) is 0 Å². The largest absolute Gasteiger partial charge is 0.317 e. The van der Waals surface area contributed by atoms with E-state index in [1.165, 1.54) is 97.1 Å². The fourth-order valence-electron chi connectivity index (χ4n) is 2.41. The Kier molecular flexibility index (Phi) is 19.8. The molecule has 0 unspecified atom stereocenters. The van der Waals surface area contributed by atoms with Gasteiger partial charge in [-0.05, 0) is 85.8 Å². The zero-order valence-corrected chi connectivity index (χ0v) is 14.8. The summed E-state index contributed by atoms with van der Waals surface area (Å²) in [5, 5.41) is 9.85. The van der Waals surface area contributed by atoms with E-state index in [4.69, 9.17) is 0 Å². The van der Waals surface area contributed by atoms with Crippen LogP contribution in [0.4, 0.5) is 0 Å². The van der Waals surface area contributed by atoms with Crippen LogP contribution in [0.1, 0.15) is 57.8 Å². The zero-order valence-electron chi connectivity index (χ0n) is 13.0. The molecule has 120 valence electrons. The van der Waals surface area contributed by atoms with Crippen LogP contribution in [-0.2, 0) is 11.8 Å². The smallest absolute Gasteiger partial charge is 0.00489 e. The molecule has 3 heterocycles. The Balaban J connectivity index is 0.000000255. The number of hydrogen-bond acceptors (Lipinski definition) is 4. The summed E-state index contributed by atoms with van der Waals surface area (Å²) >= 11 is 3.89. The first-order valence-electron chi connectivity index (χ1n) is 8.33. The second-order valence-corrected chi connectivity index (χ2v) is 5.43. The van der Waals surface area contributed by atoms with E-state index < -0.39 is 0 Å². The summed E-state index contributed by atoms with van der Waals surface area (Å²) < 4.78 is 0. The highest BCUT2D eigenvalue weighted by Crippen LogP contribution is 1.97. The summed E-state index contributed by atoms with van der Waals surface area (Å²) in [5.41, 5.74) is 0. The van der Waals surface area contributed by atoms with Crippen LogP contribution in [0.3, 0.4) is 0 Å². The number of piperidine rings is 3. The molecular formula is C15H34N3PS. The van der Waals surface area contributed by atoms with E-state index in [1.54, 1.807) is 0 Å². The molecule has 5 heteroatoms. The minimum atomic E-state index is 1.25. The van der Waals surface area contributed by atoms with Gasteiger partial charge in [0.2, 0.25) is 0 Å². The first-order chi connectivity index (χ1) is 10.0. The van der Waals surface area contributed by atoms with Crippen LogP contribution in [0.25, 0.3) is 0 Å². The lowest BCUT2D eigenvalue weighted by molar-refractivity contribution is 0.520. The van der Waals surface area contributed by atoms with Crippen LogP contribution in [0.5, 0.6) is 0 Å². The molecule has 3 nitrogen and oxygen atoms in total. The van der Waals surface area contributed by atoms with E-state index in [0.29, 0.717) is 0 Å². The van der Waals surface area contributed by atoms with Crippen LogP contribution in [-0.4, -0.2) is 39.3 Å². The normalized spacial score (nSPS) is 21.8. The number of hydrogen-bond donors (Lipinski definition) is 3. The average molecular weight is 319 g/mol. The summed E-state index contributed by atoms with van der Waals surface area (Å²) in [4.78, 5) is 0. The highest BCUT2D eigenvalue weighted by atomic mass is 32.4. The molecule has 0 saturated carbocycles. The van der Waals surface area contributed by atoms with E-state index >= 15 is 0 Å². The van der Waals surface area contributed by atoms with Crippen LogP contribution in [0.15, 0.2) is 0 Å². The Morgan fingerprint density at radius 2 is 0.600 bits per heavy atom. The molecule has 0 aromatic heterocycles. The Morgan fingerprint density at radius 3 is 0.650 bits per heavy atom. The Hall–Kier alpha value is 0.400. The monoisotopic (exact) mass is 319 g/mol. The lowest BCUT2D eigenvalue weighted by Crippen LogP contribution is -2.21.